The zero-order valence-corrected chi connectivity index (χ0v) is 13.6. The highest BCUT2D eigenvalue weighted by Crippen LogP contribution is 2.23. The van der Waals surface area contributed by atoms with Gasteiger partial charge in [-0.1, -0.05) is 0 Å². The van der Waals surface area contributed by atoms with Crippen LogP contribution >= 0.6 is 11.3 Å². The summed E-state index contributed by atoms with van der Waals surface area (Å²) in [6.07, 6.45) is 1.01. The maximum Gasteiger partial charge on any atom is 0.410 e. The molecule has 7 heteroatoms. The molecular formula is C14H21N3O3S. The lowest BCUT2D eigenvalue weighted by Gasteiger charge is -2.27. The second-order valence-corrected chi connectivity index (χ2v) is 6.97. The van der Waals surface area contributed by atoms with Gasteiger partial charge in [0.25, 0.3) is 0 Å². The van der Waals surface area contributed by atoms with Crippen LogP contribution in [0, 0.1) is 6.92 Å². The molecule has 1 fully saturated rings. The second-order valence-electron chi connectivity index (χ2n) is 6.12. The number of aryl methyl sites for hydroxylation is 1. The summed E-state index contributed by atoms with van der Waals surface area (Å²) in [7, 11) is 0. The Kier molecular flexibility index (Phi) is 4.51. The van der Waals surface area contributed by atoms with E-state index in [1.165, 1.54) is 16.2 Å². The van der Waals surface area contributed by atoms with Gasteiger partial charge in [-0.3, -0.25) is 9.69 Å². The van der Waals surface area contributed by atoms with E-state index in [1.54, 1.807) is 0 Å². The lowest BCUT2D eigenvalue weighted by molar-refractivity contribution is -0.120. The minimum atomic E-state index is -0.562. The molecule has 2 heterocycles. The molecule has 0 spiro atoms. The van der Waals surface area contributed by atoms with Gasteiger partial charge in [-0.05, 0) is 40.5 Å². The van der Waals surface area contributed by atoms with E-state index >= 15 is 0 Å². The van der Waals surface area contributed by atoms with Crippen LogP contribution in [-0.4, -0.2) is 40.1 Å². The molecule has 1 atom stereocenters. The van der Waals surface area contributed by atoms with Crippen molar-refractivity contribution in [3.63, 3.8) is 0 Å². The third kappa shape index (κ3) is 4.17. The fourth-order valence-electron chi connectivity index (χ4n) is 2.18. The monoisotopic (exact) mass is 311 g/mol. The lowest BCUT2D eigenvalue weighted by Crippen LogP contribution is -2.45. The van der Waals surface area contributed by atoms with E-state index in [1.807, 2.05) is 33.1 Å². The van der Waals surface area contributed by atoms with Gasteiger partial charge >= 0.3 is 6.09 Å². The molecule has 1 saturated heterocycles. The van der Waals surface area contributed by atoms with E-state index in [0.29, 0.717) is 18.1 Å². The number of amides is 2. The van der Waals surface area contributed by atoms with Gasteiger partial charge in [0, 0.05) is 11.9 Å². The highest BCUT2D eigenvalue weighted by Gasteiger charge is 2.36. The summed E-state index contributed by atoms with van der Waals surface area (Å²) < 4.78 is 5.35. The van der Waals surface area contributed by atoms with Crippen molar-refractivity contribution >= 4 is 28.5 Å². The number of hydrogen-bond acceptors (Lipinski definition) is 5. The molecule has 0 aromatic carbocycles. The van der Waals surface area contributed by atoms with Crippen LogP contribution in [0.2, 0.25) is 0 Å². The number of rotatable bonds is 2. The molecule has 116 valence electrons. The summed E-state index contributed by atoms with van der Waals surface area (Å²) in [5, 5.41) is 5.21. The van der Waals surface area contributed by atoms with Gasteiger partial charge in [0.05, 0.1) is 5.69 Å². The Morgan fingerprint density at radius 1 is 1.48 bits per heavy atom. The molecular weight excluding hydrogens is 290 g/mol. The first-order valence-corrected chi connectivity index (χ1v) is 7.87. The minimum Gasteiger partial charge on any atom is -0.444 e. The highest BCUT2D eigenvalue weighted by atomic mass is 32.1. The van der Waals surface area contributed by atoms with Crippen molar-refractivity contribution in [2.24, 2.45) is 0 Å². The Labute approximate surface area is 128 Å². The van der Waals surface area contributed by atoms with Gasteiger partial charge in [-0.25, -0.2) is 9.78 Å². The van der Waals surface area contributed by atoms with Crippen LogP contribution in [0.25, 0.3) is 0 Å². The zero-order valence-electron chi connectivity index (χ0n) is 12.8. The number of carbonyl (C=O) groups is 2. The van der Waals surface area contributed by atoms with E-state index in [0.717, 1.165) is 12.1 Å². The molecule has 2 rings (SSSR count). The van der Waals surface area contributed by atoms with Crippen LogP contribution in [0.15, 0.2) is 5.38 Å². The number of carbonyl (C=O) groups excluding carboxylic acids is 2. The number of anilines is 1. The minimum absolute atomic E-state index is 0.201. The molecule has 21 heavy (non-hydrogen) atoms. The summed E-state index contributed by atoms with van der Waals surface area (Å²) >= 11 is 1.38. The largest absolute Gasteiger partial charge is 0.444 e. The van der Waals surface area contributed by atoms with Gasteiger partial charge in [0.15, 0.2) is 5.13 Å². The highest BCUT2D eigenvalue weighted by molar-refractivity contribution is 7.13. The number of nitrogens with zero attached hydrogens (tertiary/aromatic N) is 2. The van der Waals surface area contributed by atoms with Gasteiger partial charge in [0.2, 0.25) is 5.91 Å². The summed E-state index contributed by atoms with van der Waals surface area (Å²) in [5.41, 5.74) is 0.304. The Hall–Kier alpha value is -1.63. The topological polar surface area (TPSA) is 71.5 Å². The standard InChI is InChI=1S/C14H21N3O3S/c1-9-8-21-12(15-9)16-11(18)10-6-5-7-17(10)13(19)20-14(2,3)4/h8,10H,5-7H2,1-4H3,(H,15,16,18)/t10-/m1/s1. The Morgan fingerprint density at radius 3 is 2.76 bits per heavy atom. The van der Waals surface area contributed by atoms with Crippen molar-refractivity contribution < 1.29 is 14.3 Å². The summed E-state index contributed by atoms with van der Waals surface area (Å²) in [6.45, 7) is 7.86. The summed E-state index contributed by atoms with van der Waals surface area (Å²) in [6, 6.07) is -0.482. The second kappa shape index (κ2) is 6.01. The van der Waals surface area contributed by atoms with Gasteiger partial charge < -0.3 is 10.1 Å². The quantitative estimate of drug-likeness (QED) is 0.911. The predicted octanol–water partition coefficient (Wildman–Crippen LogP) is 2.79. The molecule has 1 N–H and O–H groups in total. The third-order valence-electron chi connectivity index (χ3n) is 3.03. The van der Waals surface area contributed by atoms with Crippen LogP contribution in [0.1, 0.15) is 39.3 Å². The van der Waals surface area contributed by atoms with Crippen LogP contribution in [0.4, 0.5) is 9.93 Å². The van der Waals surface area contributed by atoms with Crippen LogP contribution in [0.3, 0.4) is 0 Å². The average Bonchev–Trinajstić information content (AvgIpc) is 2.95. The van der Waals surface area contributed by atoms with Crippen molar-refractivity contribution in [3.05, 3.63) is 11.1 Å². The summed E-state index contributed by atoms with van der Waals surface area (Å²) in [5.74, 6) is -0.201. The third-order valence-corrected chi connectivity index (χ3v) is 3.91. The number of hydrogen-bond donors (Lipinski definition) is 1. The van der Waals surface area contributed by atoms with Crippen molar-refractivity contribution in [1.29, 1.82) is 0 Å². The van der Waals surface area contributed by atoms with Crippen molar-refractivity contribution in [2.75, 3.05) is 11.9 Å². The molecule has 6 nitrogen and oxygen atoms in total. The normalized spacial score (nSPS) is 18.7. The molecule has 1 aromatic heterocycles. The number of nitrogens with one attached hydrogen (secondary N) is 1. The Morgan fingerprint density at radius 2 is 2.19 bits per heavy atom. The van der Waals surface area contributed by atoms with Crippen molar-refractivity contribution in [2.45, 2.75) is 52.2 Å². The molecule has 0 aliphatic carbocycles. The molecule has 0 radical (unpaired) electrons. The Balaban J connectivity index is 2.00. The van der Waals surface area contributed by atoms with Gasteiger partial charge in [-0.15, -0.1) is 11.3 Å². The predicted molar refractivity (Wildman–Crippen MR) is 81.4 cm³/mol. The first-order valence-electron chi connectivity index (χ1n) is 6.99. The van der Waals surface area contributed by atoms with Crippen molar-refractivity contribution in [3.8, 4) is 0 Å². The van der Waals surface area contributed by atoms with E-state index in [2.05, 4.69) is 10.3 Å². The number of likely N-dealkylation sites (tertiary alicyclic amines) is 1. The van der Waals surface area contributed by atoms with Crippen LogP contribution in [-0.2, 0) is 9.53 Å². The van der Waals surface area contributed by atoms with E-state index in [-0.39, 0.29) is 5.91 Å². The zero-order chi connectivity index (χ0) is 15.6. The number of thiazole rings is 1. The van der Waals surface area contributed by atoms with Gasteiger partial charge in [-0.2, -0.15) is 0 Å². The van der Waals surface area contributed by atoms with Gasteiger partial charge in [0.1, 0.15) is 11.6 Å². The fraction of sp³-hybridized carbons (Fsp3) is 0.643. The molecule has 1 aliphatic heterocycles. The first kappa shape index (κ1) is 15.8. The smallest absolute Gasteiger partial charge is 0.410 e. The molecule has 2 amide bonds. The van der Waals surface area contributed by atoms with E-state index < -0.39 is 17.7 Å². The van der Waals surface area contributed by atoms with E-state index in [9.17, 15) is 9.59 Å². The van der Waals surface area contributed by atoms with E-state index in [4.69, 9.17) is 4.74 Å². The Bertz CT molecular complexity index is 536. The fourth-order valence-corrected chi connectivity index (χ4v) is 2.87. The first-order chi connectivity index (χ1) is 9.76. The molecule has 0 unspecified atom stereocenters. The maximum absolute atomic E-state index is 12.3. The van der Waals surface area contributed by atoms with Crippen LogP contribution < -0.4 is 5.32 Å². The van der Waals surface area contributed by atoms with Crippen LogP contribution in [0.5, 0.6) is 0 Å². The molecule has 0 saturated carbocycles. The summed E-state index contributed by atoms with van der Waals surface area (Å²) in [4.78, 5) is 30.2. The van der Waals surface area contributed by atoms with Crippen molar-refractivity contribution in [1.82, 2.24) is 9.88 Å². The SMILES string of the molecule is Cc1csc(NC(=O)[C@H]2CCCN2C(=O)OC(C)(C)C)n1. The number of aromatic nitrogens is 1. The average molecular weight is 311 g/mol. The molecule has 1 aromatic rings. The lowest BCUT2D eigenvalue weighted by atomic mass is 10.2. The maximum atomic E-state index is 12.3. The molecule has 1 aliphatic rings. The number of ether oxygens (including phenoxy) is 1. The molecule has 0 bridgehead atoms.